The lowest BCUT2D eigenvalue weighted by Gasteiger charge is -2.20. The van der Waals surface area contributed by atoms with Crippen LogP contribution in [0.2, 0.25) is 5.02 Å². The minimum Gasteiger partial charge on any atom is -0.326 e. The topological polar surface area (TPSA) is 55.1 Å². The van der Waals surface area contributed by atoms with E-state index in [0.717, 1.165) is 18.0 Å². The second-order valence-corrected chi connectivity index (χ2v) is 6.38. The van der Waals surface area contributed by atoms with Crippen LogP contribution in [0, 0.1) is 29.6 Å². The third-order valence-corrected chi connectivity index (χ3v) is 4.96. The number of fused-ring (bicyclic) bond motifs is 2. The molecule has 2 saturated carbocycles. The second kappa shape index (κ2) is 6.09. The van der Waals surface area contributed by atoms with E-state index in [4.69, 9.17) is 17.3 Å². The molecule has 2 bridgehead atoms. The highest BCUT2D eigenvalue weighted by molar-refractivity contribution is 6.31. The molecular formula is C17H19ClN2O. The summed E-state index contributed by atoms with van der Waals surface area (Å²) in [6.07, 6.45) is 4.78. The van der Waals surface area contributed by atoms with Crippen LogP contribution in [0.25, 0.3) is 0 Å². The van der Waals surface area contributed by atoms with Gasteiger partial charge in [-0.25, -0.2) is 0 Å². The van der Waals surface area contributed by atoms with Crippen molar-refractivity contribution in [3.63, 3.8) is 0 Å². The van der Waals surface area contributed by atoms with Crippen molar-refractivity contribution in [2.75, 3.05) is 11.9 Å². The molecule has 1 amide bonds. The maximum Gasteiger partial charge on any atom is 0.227 e. The van der Waals surface area contributed by atoms with Gasteiger partial charge in [-0.2, -0.15) is 0 Å². The Balaban J connectivity index is 1.71. The number of halogens is 1. The van der Waals surface area contributed by atoms with Crippen molar-refractivity contribution in [3.05, 3.63) is 28.8 Å². The summed E-state index contributed by atoms with van der Waals surface area (Å²) in [5, 5.41) is 3.59. The van der Waals surface area contributed by atoms with E-state index < -0.39 is 0 Å². The molecule has 2 aliphatic rings. The molecule has 21 heavy (non-hydrogen) atoms. The van der Waals surface area contributed by atoms with Gasteiger partial charge in [0, 0.05) is 17.2 Å². The number of nitrogens with one attached hydrogen (secondary N) is 1. The number of benzene rings is 1. The molecule has 2 fully saturated rings. The number of carbonyl (C=O) groups is 1. The lowest BCUT2D eigenvalue weighted by molar-refractivity contribution is -0.121. The molecule has 0 heterocycles. The van der Waals surface area contributed by atoms with E-state index in [1.807, 2.05) is 12.1 Å². The first-order chi connectivity index (χ1) is 10.2. The van der Waals surface area contributed by atoms with E-state index in [0.29, 0.717) is 16.5 Å². The summed E-state index contributed by atoms with van der Waals surface area (Å²) in [6.45, 7) is 0.290. The minimum atomic E-state index is 0.141. The maximum atomic E-state index is 12.4. The predicted octanol–water partition coefficient (Wildman–Crippen LogP) is 3.02. The lowest BCUT2D eigenvalue weighted by Crippen LogP contribution is -2.27. The number of hydrogen-bond acceptors (Lipinski definition) is 2. The van der Waals surface area contributed by atoms with Gasteiger partial charge in [-0.05, 0) is 49.3 Å². The molecule has 1 aromatic carbocycles. The Morgan fingerprint density at radius 1 is 1.38 bits per heavy atom. The molecule has 4 heteroatoms. The van der Waals surface area contributed by atoms with Gasteiger partial charge in [-0.1, -0.05) is 29.9 Å². The monoisotopic (exact) mass is 302 g/mol. The number of rotatable bonds is 2. The van der Waals surface area contributed by atoms with Crippen LogP contribution in [0.4, 0.5) is 5.69 Å². The van der Waals surface area contributed by atoms with Crippen molar-refractivity contribution in [3.8, 4) is 11.8 Å². The van der Waals surface area contributed by atoms with Gasteiger partial charge in [0.25, 0.3) is 0 Å². The summed E-state index contributed by atoms with van der Waals surface area (Å²) in [5.74, 6) is 7.38. The minimum absolute atomic E-state index is 0.141. The van der Waals surface area contributed by atoms with Crippen molar-refractivity contribution in [1.29, 1.82) is 0 Å². The Morgan fingerprint density at radius 3 is 2.90 bits per heavy atom. The quantitative estimate of drug-likeness (QED) is 0.825. The van der Waals surface area contributed by atoms with Crippen LogP contribution < -0.4 is 11.1 Å². The number of nitrogens with two attached hydrogens (primary N) is 1. The summed E-state index contributed by atoms with van der Waals surface area (Å²) < 4.78 is 0. The molecular weight excluding hydrogens is 284 g/mol. The van der Waals surface area contributed by atoms with Crippen LogP contribution in [0.5, 0.6) is 0 Å². The lowest BCUT2D eigenvalue weighted by atomic mass is 9.88. The van der Waals surface area contributed by atoms with Gasteiger partial charge in [-0.3, -0.25) is 4.79 Å². The molecule has 0 radical (unpaired) electrons. The van der Waals surface area contributed by atoms with E-state index in [1.165, 1.54) is 19.3 Å². The molecule has 0 spiro atoms. The first kappa shape index (κ1) is 14.4. The average molecular weight is 303 g/mol. The zero-order valence-electron chi connectivity index (χ0n) is 11.9. The first-order valence-corrected chi connectivity index (χ1v) is 7.84. The van der Waals surface area contributed by atoms with E-state index in [2.05, 4.69) is 17.2 Å². The highest BCUT2D eigenvalue weighted by Gasteiger charge is 2.42. The Bertz CT molecular complexity index is 617. The summed E-state index contributed by atoms with van der Waals surface area (Å²) >= 11 is 6.09. The number of hydrogen-bond donors (Lipinski definition) is 2. The molecule has 0 aromatic heterocycles. The standard InChI is InChI=1S/C17H19ClN2O/c18-16-6-5-14(10-13(16)2-1-7-19)20-17(21)15-9-11-3-4-12(15)8-11/h5-6,10-12,15H,3-4,7-9,19H2,(H,20,21). The van der Waals surface area contributed by atoms with Crippen molar-refractivity contribution < 1.29 is 4.79 Å². The van der Waals surface area contributed by atoms with Gasteiger partial charge < -0.3 is 11.1 Å². The van der Waals surface area contributed by atoms with Gasteiger partial charge >= 0.3 is 0 Å². The summed E-state index contributed by atoms with van der Waals surface area (Å²) in [6, 6.07) is 5.40. The van der Waals surface area contributed by atoms with Gasteiger partial charge in [0.2, 0.25) is 5.91 Å². The highest BCUT2D eigenvalue weighted by atomic mass is 35.5. The van der Waals surface area contributed by atoms with Crippen molar-refractivity contribution in [1.82, 2.24) is 0 Å². The molecule has 110 valence electrons. The van der Waals surface area contributed by atoms with Crippen LogP contribution >= 0.6 is 11.6 Å². The van der Waals surface area contributed by atoms with E-state index >= 15 is 0 Å². The van der Waals surface area contributed by atoms with E-state index in [9.17, 15) is 4.79 Å². The normalized spacial score (nSPS) is 26.3. The average Bonchev–Trinajstić information content (AvgIpc) is 3.10. The van der Waals surface area contributed by atoms with Crippen molar-refractivity contribution in [2.45, 2.75) is 25.7 Å². The third kappa shape index (κ3) is 3.07. The van der Waals surface area contributed by atoms with Gasteiger partial charge in [0.05, 0.1) is 11.6 Å². The Morgan fingerprint density at radius 2 is 2.24 bits per heavy atom. The molecule has 3 N–H and O–H groups in total. The fourth-order valence-electron chi connectivity index (χ4n) is 3.65. The number of anilines is 1. The molecule has 3 rings (SSSR count). The Kier molecular flexibility index (Phi) is 4.19. The Hall–Kier alpha value is -1.50. The molecule has 2 aliphatic carbocycles. The molecule has 0 saturated heterocycles. The van der Waals surface area contributed by atoms with Crippen molar-refractivity contribution >= 4 is 23.2 Å². The van der Waals surface area contributed by atoms with Crippen LogP contribution in [-0.4, -0.2) is 12.5 Å². The zero-order valence-corrected chi connectivity index (χ0v) is 12.6. The summed E-state index contributed by atoms with van der Waals surface area (Å²) in [4.78, 5) is 12.4. The van der Waals surface area contributed by atoms with Crippen LogP contribution in [0.1, 0.15) is 31.2 Å². The van der Waals surface area contributed by atoms with E-state index in [-0.39, 0.29) is 18.4 Å². The highest BCUT2D eigenvalue weighted by Crippen LogP contribution is 2.48. The van der Waals surface area contributed by atoms with E-state index in [1.54, 1.807) is 6.07 Å². The molecule has 0 aliphatic heterocycles. The van der Waals surface area contributed by atoms with Gasteiger partial charge in [-0.15, -0.1) is 0 Å². The van der Waals surface area contributed by atoms with Gasteiger partial charge in [0.15, 0.2) is 0 Å². The second-order valence-electron chi connectivity index (χ2n) is 5.97. The summed E-state index contributed by atoms with van der Waals surface area (Å²) in [7, 11) is 0. The number of amides is 1. The van der Waals surface area contributed by atoms with Crippen LogP contribution in [0.3, 0.4) is 0 Å². The maximum absolute atomic E-state index is 12.4. The predicted molar refractivity (Wildman–Crippen MR) is 85.0 cm³/mol. The van der Waals surface area contributed by atoms with Gasteiger partial charge in [0.1, 0.15) is 0 Å². The van der Waals surface area contributed by atoms with Crippen LogP contribution in [-0.2, 0) is 4.79 Å². The fourth-order valence-corrected chi connectivity index (χ4v) is 3.81. The van der Waals surface area contributed by atoms with Crippen molar-refractivity contribution in [2.24, 2.45) is 23.5 Å². The zero-order chi connectivity index (χ0) is 14.8. The smallest absolute Gasteiger partial charge is 0.227 e. The Labute approximate surface area is 130 Å². The molecule has 3 atom stereocenters. The first-order valence-electron chi connectivity index (χ1n) is 7.46. The largest absolute Gasteiger partial charge is 0.326 e. The SMILES string of the molecule is NCC#Cc1cc(NC(=O)C2CC3CCC2C3)ccc1Cl. The third-order valence-electron chi connectivity index (χ3n) is 4.63. The molecule has 3 unspecified atom stereocenters. The number of carbonyl (C=O) groups excluding carboxylic acids is 1. The molecule has 3 nitrogen and oxygen atoms in total. The summed E-state index contributed by atoms with van der Waals surface area (Å²) in [5.41, 5.74) is 6.84. The fraction of sp³-hybridized carbons (Fsp3) is 0.471. The van der Waals surface area contributed by atoms with Crippen LogP contribution in [0.15, 0.2) is 18.2 Å². The molecule has 1 aromatic rings.